The van der Waals surface area contributed by atoms with Gasteiger partial charge in [0.05, 0.1) is 18.8 Å². The second-order valence-electron chi connectivity index (χ2n) is 12.9. The van der Waals surface area contributed by atoms with Crippen LogP contribution in [0, 0.1) is 90.0 Å². The van der Waals surface area contributed by atoms with E-state index < -0.39 is 0 Å². The lowest BCUT2D eigenvalue weighted by Gasteiger charge is -1.93. The van der Waals surface area contributed by atoms with Crippen molar-refractivity contribution in [3.63, 3.8) is 0 Å². The van der Waals surface area contributed by atoms with Gasteiger partial charge >= 0.3 is 0 Å². The Balaban J connectivity index is 0.000000298. The van der Waals surface area contributed by atoms with E-state index in [2.05, 4.69) is 124 Å². The van der Waals surface area contributed by atoms with E-state index in [0.29, 0.717) is 0 Å². The molecule has 0 spiro atoms. The minimum absolute atomic E-state index is 1.01. The van der Waals surface area contributed by atoms with Gasteiger partial charge in [0.2, 0.25) is 0 Å². The van der Waals surface area contributed by atoms with Crippen molar-refractivity contribution in [3.8, 4) is 0 Å². The predicted octanol–water partition coefficient (Wildman–Crippen LogP) is 12.5. The Morgan fingerprint density at radius 2 is 1.16 bits per heavy atom. The second kappa shape index (κ2) is 23.3. The van der Waals surface area contributed by atoms with Crippen molar-refractivity contribution in [1.82, 2.24) is 18.9 Å². The van der Waals surface area contributed by atoms with Crippen molar-refractivity contribution in [2.75, 3.05) is 0 Å². The summed E-state index contributed by atoms with van der Waals surface area (Å²) >= 11 is 3.57. The molecule has 0 saturated carbocycles. The molecule has 7 aromatic heterocycles. The number of nitrogens with zero attached hydrogens (tertiary/aromatic N) is 4. The van der Waals surface area contributed by atoms with Crippen LogP contribution in [0.5, 0.6) is 0 Å². The molecule has 0 fully saturated rings. The second-order valence-corrected chi connectivity index (χ2v) is 14.7. The van der Waals surface area contributed by atoms with Crippen LogP contribution in [0.2, 0.25) is 0 Å². The summed E-state index contributed by atoms with van der Waals surface area (Å²) in [6.45, 7) is 27.1. The quantitative estimate of drug-likeness (QED) is 0.156. The Morgan fingerprint density at radius 3 is 1.29 bits per heavy atom. The molecular weight excluding hydrogens is 669 g/mol. The van der Waals surface area contributed by atoms with Crippen LogP contribution in [0.3, 0.4) is 0 Å². The molecule has 7 rings (SSSR count). The lowest BCUT2D eigenvalue weighted by atomic mass is 10.2. The van der Waals surface area contributed by atoms with Crippen LogP contribution >= 0.6 is 22.7 Å². The van der Waals surface area contributed by atoms with Gasteiger partial charge in [0.15, 0.2) is 0 Å². The Labute approximate surface area is 316 Å². The number of furan rings is 2. The van der Waals surface area contributed by atoms with E-state index in [4.69, 9.17) is 8.83 Å². The van der Waals surface area contributed by atoms with E-state index in [9.17, 15) is 0 Å². The van der Waals surface area contributed by atoms with Gasteiger partial charge in [-0.2, -0.15) is 16.4 Å². The molecule has 8 heteroatoms. The fraction of sp³-hybridized carbons (Fsp3) is 0.372. The summed E-state index contributed by atoms with van der Waals surface area (Å²) in [7, 11) is 6.03. The molecule has 0 bridgehead atoms. The van der Waals surface area contributed by atoms with Crippen LogP contribution in [-0.2, 0) is 21.1 Å². The highest BCUT2D eigenvalue weighted by atomic mass is 32.1. The SMILES string of the molecule is Cc1ccn(C)c1C.Cc1ccnn1C.Cc1ccoc1C.Cc1ccsc1C.Cc1cn(C)cc1C.Cc1cocc1C.Cc1cscc1C. The Bertz CT molecular complexity index is 1590. The summed E-state index contributed by atoms with van der Waals surface area (Å²) < 4.78 is 15.8. The monoisotopic (exact) mass is 730 g/mol. The largest absolute Gasteiger partial charge is 0.472 e. The molecule has 0 radical (unpaired) electrons. The van der Waals surface area contributed by atoms with Crippen LogP contribution in [-0.4, -0.2) is 18.9 Å². The standard InChI is InChI=1S/2C7H11N.2C6H8O.2C6H8S.C5H8N2/c1-6-4-8(3)5-7(6)2;1-6-4-5-8(3)7(6)2;1-5-3-7-4-6(5)2;1-5-3-4-7-6(5)2;1-5-3-7-4-6(5)2;1-5-3-4-7-6(5)2;1-5-3-4-6-7(5)2/h2*4-5H,1-3H3;5*3-4H,1-2H3. The molecule has 51 heavy (non-hydrogen) atoms. The van der Waals surface area contributed by atoms with E-state index in [1.54, 1.807) is 47.7 Å². The zero-order valence-electron chi connectivity index (χ0n) is 34.0. The average Bonchev–Trinajstić information content (AvgIpc) is 3.98. The maximum Gasteiger partial charge on any atom is 0.103 e. The summed E-state index contributed by atoms with van der Waals surface area (Å²) in [6.07, 6.45) is 13.3. The maximum atomic E-state index is 4.96. The van der Waals surface area contributed by atoms with Gasteiger partial charge in [-0.15, -0.1) is 11.3 Å². The Morgan fingerprint density at radius 1 is 0.588 bits per heavy atom. The summed E-state index contributed by atoms with van der Waals surface area (Å²) in [6, 6.07) is 8.19. The molecule has 6 nitrogen and oxygen atoms in total. The fourth-order valence-electron chi connectivity index (χ4n) is 3.77. The van der Waals surface area contributed by atoms with E-state index in [1.807, 2.05) is 65.5 Å². The summed E-state index contributed by atoms with van der Waals surface area (Å²) in [5, 5.41) is 10.4. The highest BCUT2D eigenvalue weighted by Gasteiger charge is 1.93. The van der Waals surface area contributed by atoms with E-state index in [0.717, 1.165) is 5.76 Å². The number of rotatable bonds is 0. The van der Waals surface area contributed by atoms with E-state index >= 15 is 0 Å². The van der Waals surface area contributed by atoms with Crippen molar-refractivity contribution in [2.45, 2.75) is 90.0 Å². The molecular formula is C43H62N4O2S2. The molecule has 0 atom stereocenters. The van der Waals surface area contributed by atoms with Crippen LogP contribution in [0.25, 0.3) is 0 Å². The van der Waals surface area contributed by atoms with Gasteiger partial charge in [-0.05, 0) is 180 Å². The molecule has 278 valence electrons. The van der Waals surface area contributed by atoms with Crippen molar-refractivity contribution in [1.29, 1.82) is 0 Å². The number of thiophene rings is 2. The van der Waals surface area contributed by atoms with Gasteiger partial charge in [0.25, 0.3) is 0 Å². The molecule has 0 aliphatic heterocycles. The molecule has 7 heterocycles. The van der Waals surface area contributed by atoms with Crippen molar-refractivity contribution < 1.29 is 8.83 Å². The van der Waals surface area contributed by atoms with Crippen molar-refractivity contribution in [2.24, 2.45) is 21.1 Å². The van der Waals surface area contributed by atoms with Crippen LogP contribution in [0.4, 0.5) is 0 Å². The molecule has 0 unspecified atom stereocenters. The van der Waals surface area contributed by atoms with Crippen molar-refractivity contribution >= 4 is 22.7 Å². The first-order chi connectivity index (χ1) is 23.9. The molecule has 7 aromatic rings. The van der Waals surface area contributed by atoms with Gasteiger partial charge < -0.3 is 18.0 Å². The minimum atomic E-state index is 1.01. The number of hydrogen-bond acceptors (Lipinski definition) is 5. The molecule has 0 saturated heterocycles. The third kappa shape index (κ3) is 17.5. The highest BCUT2D eigenvalue weighted by molar-refractivity contribution is 7.10. The first-order valence-corrected chi connectivity index (χ1v) is 18.9. The molecule has 0 N–H and O–H groups in total. The normalized spacial score (nSPS) is 9.57. The number of aryl methyl sites for hydroxylation is 15. The van der Waals surface area contributed by atoms with Gasteiger partial charge in [-0.3, -0.25) is 4.68 Å². The Hall–Kier alpha value is -4.27. The van der Waals surface area contributed by atoms with Crippen molar-refractivity contribution in [3.05, 3.63) is 156 Å². The van der Waals surface area contributed by atoms with Crippen LogP contribution in [0.1, 0.15) is 72.1 Å². The first kappa shape index (κ1) is 44.8. The van der Waals surface area contributed by atoms with Gasteiger partial charge in [-0.1, -0.05) is 0 Å². The smallest absolute Gasteiger partial charge is 0.103 e. The summed E-state index contributed by atoms with van der Waals surface area (Å²) in [4.78, 5) is 1.43. The zero-order valence-corrected chi connectivity index (χ0v) is 35.6. The molecule has 0 aromatic carbocycles. The van der Waals surface area contributed by atoms with Gasteiger partial charge in [0, 0.05) is 62.2 Å². The zero-order chi connectivity index (χ0) is 38.7. The van der Waals surface area contributed by atoms with Gasteiger partial charge in [0.1, 0.15) is 5.76 Å². The van der Waals surface area contributed by atoms with Crippen LogP contribution < -0.4 is 0 Å². The predicted molar refractivity (Wildman–Crippen MR) is 222 cm³/mol. The third-order valence-electron chi connectivity index (χ3n) is 8.59. The van der Waals surface area contributed by atoms with Crippen LogP contribution in [0.15, 0.2) is 92.8 Å². The summed E-state index contributed by atoms with van der Waals surface area (Å²) in [5.41, 5.74) is 14.5. The summed E-state index contributed by atoms with van der Waals surface area (Å²) in [5.74, 6) is 1.01. The fourth-order valence-corrected chi connectivity index (χ4v) is 5.35. The third-order valence-corrected chi connectivity index (χ3v) is 10.5. The Kier molecular flexibility index (Phi) is 20.4. The average molecular weight is 731 g/mol. The maximum absolute atomic E-state index is 4.96. The molecule has 0 aliphatic carbocycles. The number of hydrogen-bond donors (Lipinski definition) is 0. The van der Waals surface area contributed by atoms with E-state index in [-0.39, 0.29) is 0 Å². The lowest BCUT2D eigenvalue weighted by molar-refractivity contribution is 0.532. The lowest BCUT2D eigenvalue weighted by Crippen LogP contribution is -1.90. The minimum Gasteiger partial charge on any atom is -0.472 e. The van der Waals surface area contributed by atoms with E-state index in [1.165, 1.54) is 66.3 Å². The van der Waals surface area contributed by atoms with Gasteiger partial charge in [-0.25, -0.2) is 0 Å². The highest BCUT2D eigenvalue weighted by Crippen LogP contribution is 2.12. The number of aromatic nitrogens is 4. The molecule has 0 aliphatic rings. The molecule has 0 amide bonds. The first-order valence-electron chi connectivity index (χ1n) is 17.1. The topological polar surface area (TPSA) is 54.0 Å².